The van der Waals surface area contributed by atoms with E-state index >= 15 is 0 Å². The summed E-state index contributed by atoms with van der Waals surface area (Å²) < 4.78 is 36.0. The number of halogens is 3. The molecule has 0 N–H and O–H groups in total. The van der Waals surface area contributed by atoms with Gasteiger partial charge in [0.05, 0.1) is 0 Å². The van der Waals surface area contributed by atoms with Crippen molar-refractivity contribution in [3.8, 4) is 0 Å². The van der Waals surface area contributed by atoms with E-state index in [1.807, 2.05) is 0 Å². The Morgan fingerprint density at radius 3 is 2.20 bits per heavy atom. The molecule has 1 nitrogen and oxygen atoms in total. The van der Waals surface area contributed by atoms with Gasteiger partial charge in [0.2, 0.25) is 0 Å². The molecule has 0 bridgehead atoms. The second-order valence-corrected chi connectivity index (χ2v) is 3.09. The minimum atomic E-state index is -4.83. The van der Waals surface area contributed by atoms with Crippen molar-refractivity contribution in [2.24, 2.45) is 0 Å². The Morgan fingerprint density at radius 2 is 1.73 bits per heavy atom. The van der Waals surface area contributed by atoms with Crippen molar-refractivity contribution in [3.63, 3.8) is 0 Å². The van der Waals surface area contributed by atoms with Gasteiger partial charge in [-0.25, -0.2) is 0 Å². The molecular formula is C11H9F3O. The van der Waals surface area contributed by atoms with E-state index in [2.05, 4.69) is 6.58 Å². The zero-order valence-electron chi connectivity index (χ0n) is 7.84. The molecule has 4 heteroatoms. The number of carbonyl (C=O) groups excluding carboxylic acids is 1. The molecule has 0 heterocycles. The van der Waals surface area contributed by atoms with Crippen LogP contribution in [0.5, 0.6) is 0 Å². The summed E-state index contributed by atoms with van der Waals surface area (Å²) in [7, 11) is 0. The summed E-state index contributed by atoms with van der Waals surface area (Å²) in [6.45, 7) is 3.15. The molecule has 0 aliphatic carbocycles. The zero-order valence-corrected chi connectivity index (χ0v) is 7.84. The lowest BCUT2D eigenvalue weighted by Gasteiger charge is -2.07. The molecule has 1 aromatic rings. The number of benzene rings is 1. The van der Waals surface area contributed by atoms with Crippen molar-refractivity contribution in [1.29, 1.82) is 0 Å². The molecule has 0 radical (unpaired) electrons. The highest BCUT2D eigenvalue weighted by molar-refractivity contribution is 5.99. The highest BCUT2D eigenvalue weighted by Gasteiger charge is 2.39. The van der Waals surface area contributed by atoms with Gasteiger partial charge in [-0.05, 0) is 5.56 Å². The van der Waals surface area contributed by atoms with Gasteiger partial charge in [-0.15, -0.1) is 0 Å². The normalized spacial score (nSPS) is 11.1. The number of ketones is 1. The van der Waals surface area contributed by atoms with E-state index in [1.54, 1.807) is 30.3 Å². The summed E-state index contributed by atoms with van der Waals surface area (Å²) in [5.74, 6) is -1.86. The first-order valence-electron chi connectivity index (χ1n) is 4.24. The Hall–Kier alpha value is -1.58. The molecule has 0 saturated carbocycles. The summed E-state index contributed by atoms with van der Waals surface area (Å²) >= 11 is 0. The van der Waals surface area contributed by atoms with E-state index in [9.17, 15) is 18.0 Å². The topological polar surface area (TPSA) is 17.1 Å². The third kappa shape index (κ3) is 3.23. The first kappa shape index (κ1) is 11.5. The largest absolute Gasteiger partial charge is 0.454 e. The van der Waals surface area contributed by atoms with Crippen LogP contribution in [0.15, 0.2) is 42.5 Å². The van der Waals surface area contributed by atoms with E-state index in [-0.39, 0.29) is 6.42 Å². The third-order valence-corrected chi connectivity index (χ3v) is 1.84. The van der Waals surface area contributed by atoms with Gasteiger partial charge in [0.1, 0.15) is 0 Å². The highest BCUT2D eigenvalue weighted by atomic mass is 19.4. The fraction of sp³-hybridized carbons (Fsp3) is 0.182. The van der Waals surface area contributed by atoms with E-state index in [4.69, 9.17) is 0 Å². The smallest absolute Gasteiger partial charge is 0.284 e. The first-order valence-corrected chi connectivity index (χ1v) is 4.24. The van der Waals surface area contributed by atoms with Crippen LogP contribution in [0, 0.1) is 0 Å². The van der Waals surface area contributed by atoms with E-state index in [0.29, 0.717) is 5.56 Å². The SMILES string of the molecule is C=C(Cc1ccccc1)C(=O)C(F)(F)F. The average Bonchev–Trinajstić information content (AvgIpc) is 2.16. The zero-order chi connectivity index (χ0) is 11.5. The predicted molar refractivity (Wildman–Crippen MR) is 50.3 cm³/mol. The number of alkyl halides is 3. The van der Waals surface area contributed by atoms with Crippen molar-refractivity contribution in [1.82, 2.24) is 0 Å². The van der Waals surface area contributed by atoms with Gasteiger partial charge in [-0.1, -0.05) is 36.9 Å². The maximum atomic E-state index is 12.0. The van der Waals surface area contributed by atoms with E-state index in [0.717, 1.165) is 0 Å². The molecule has 1 aromatic carbocycles. The molecule has 15 heavy (non-hydrogen) atoms. The molecule has 0 spiro atoms. The Kier molecular flexibility index (Phi) is 3.29. The molecule has 0 amide bonds. The Balaban J connectivity index is 2.69. The Labute approximate surface area is 85.2 Å². The fourth-order valence-electron chi connectivity index (χ4n) is 1.12. The lowest BCUT2D eigenvalue weighted by Crippen LogP contribution is -2.24. The number of hydrogen-bond acceptors (Lipinski definition) is 1. The van der Waals surface area contributed by atoms with Crippen LogP contribution >= 0.6 is 0 Å². The Morgan fingerprint density at radius 1 is 1.20 bits per heavy atom. The molecule has 0 aliphatic rings. The second-order valence-electron chi connectivity index (χ2n) is 3.09. The third-order valence-electron chi connectivity index (χ3n) is 1.84. The van der Waals surface area contributed by atoms with Gasteiger partial charge in [-0.3, -0.25) is 4.79 Å². The Bertz CT molecular complexity index is 365. The summed E-state index contributed by atoms with van der Waals surface area (Å²) in [4.78, 5) is 10.7. The standard InChI is InChI=1S/C11H9F3O/c1-8(10(15)11(12,13)14)7-9-5-3-2-4-6-9/h2-6H,1,7H2. The minimum absolute atomic E-state index is 0.0703. The van der Waals surface area contributed by atoms with Crippen molar-refractivity contribution in [2.75, 3.05) is 0 Å². The molecule has 80 valence electrons. The monoisotopic (exact) mass is 214 g/mol. The molecule has 0 unspecified atom stereocenters. The molecule has 0 aliphatic heterocycles. The number of hydrogen-bond donors (Lipinski definition) is 0. The average molecular weight is 214 g/mol. The molecule has 0 aromatic heterocycles. The van der Waals surface area contributed by atoms with Gasteiger partial charge in [0, 0.05) is 12.0 Å². The lowest BCUT2D eigenvalue weighted by molar-refractivity contribution is -0.166. The van der Waals surface area contributed by atoms with Gasteiger partial charge in [0.15, 0.2) is 0 Å². The second kappa shape index (κ2) is 4.29. The van der Waals surface area contributed by atoms with E-state index in [1.165, 1.54) is 0 Å². The van der Waals surface area contributed by atoms with Crippen LogP contribution in [0.2, 0.25) is 0 Å². The molecule has 0 fully saturated rings. The molecule has 1 rings (SSSR count). The van der Waals surface area contributed by atoms with E-state index < -0.39 is 17.5 Å². The first-order chi connectivity index (χ1) is 6.91. The van der Waals surface area contributed by atoms with Crippen LogP contribution in [-0.2, 0) is 11.2 Å². The number of Topliss-reactive ketones (excluding diaryl/α,β-unsaturated/α-hetero) is 1. The lowest BCUT2D eigenvalue weighted by atomic mass is 10.0. The van der Waals surface area contributed by atoms with Gasteiger partial charge in [-0.2, -0.15) is 13.2 Å². The van der Waals surface area contributed by atoms with Gasteiger partial charge < -0.3 is 0 Å². The molecule has 0 saturated heterocycles. The van der Waals surface area contributed by atoms with Gasteiger partial charge >= 0.3 is 6.18 Å². The predicted octanol–water partition coefficient (Wildman–Crippen LogP) is 2.92. The van der Waals surface area contributed by atoms with Crippen LogP contribution < -0.4 is 0 Å². The molecular weight excluding hydrogens is 205 g/mol. The summed E-state index contributed by atoms with van der Waals surface area (Å²) in [6, 6.07) is 8.43. The summed E-state index contributed by atoms with van der Waals surface area (Å²) in [5, 5.41) is 0. The van der Waals surface area contributed by atoms with Gasteiger partial charge in [0.25, 0.3) is 5.78 Å². The minimum Gasteiger partial charge on any atom is -0.284 e. The summed E-state index contributed by atoms with van der Waals surface area (Å²) in [6.07, 6.45) is -4.90. The quantitative estimate of drug-likeness (QED) is 0.707. The van der Waals surface area contributed by atoms with Crippen LogP contribution in [0.3, 0.4) is 0 Å². The number of carbonyl (C=O) groups is 1. The van der Waals surface area contributed by atoms with Crippen molar-refractivity contribution >= 4 is 5.78 Å². The number of allylic oxidation sites excluding steroid dienone is 1. The van der Waals surface area contributed by atoms with Crippen molar-refractivity contribution < 1.29 is 18.0 Å². The maximum Gasteiger partial charge on any atom is 0.454 e. The highest BCUT2D eigenvalue weighted by Crippen LogP contribution is 2.21. The summed E-state index contributed by atoms with van der Waals surface area (Å²) in [5.41, 5.74) is 0.203. The molecule has 0 atom stereocenters. The van der Waals surface area contributed by atoms with Crippen molar-refractivity contribution in [2.45, 2.75) is 12.6 Å². The van der Waals surface area contributed by atoms with Crippen LogP contribution in [0.25, 0.3) is 0 Å². The van der Waals surface area contributed by atoms with Crippen LogP contribution in [-0.4, -0.2) is 12.0 Å². The maximum absolute atomic E-state index is 12.0. The number of rotatable bonds is 3. The van der Waals surface area contributed by atoms with Crippen LogP contribution in [0.4, 0.5) is 13.2 Å². The fourth-order valence-corrected chi connectivity index (χ4v) is 1.12. The van der Waals surface area contributed by atoms with Crippen molar-refractivity contribution in [3.05, 3.63) is 48.0 Å². The van der Waals surface area contributed by atoms with Crippen LogP contribution in [0.1, 0.15) is 5.56 Å².